The molecule has 7 nitrogen and oxygen atoms in total. The third-order valence-corrected chi connectivity index (χ3v) is 8.83. The minimum absolute atomic E-state index is 0.0516. The molecule has 0 saturated carbocycles. The Balaban J connectivity index is 0.000000161. The summed E-state index contributed by atoms with van der Waals surface area (Å²) in [5.41, 5.74) is 2.35. The third kappa shape index (κ3) is 7.17. The van der Waals surface area contributed by atoms with Crippen molar-refractivity contribution in [2.75, 3.05) is 62.2 Å². The molecule has 40 heavy (non-hydrogen) atoms. The fourth-order valence-electron chi connectivity index (χ4n) is 6.62. The number of anilines is 2. The van der Waals surface area contributed by atoms with Gasteiger partial charge in [0.15, 0.2) is 0 Å². The van der Waals surface area contributed by atoms with Gasteiger partial charge in [0.05, 0.1) is 0 Å². The average Bonchev–Trinajstić information content (AvgIpc) is 3.06. The number of hydrogen-bond acceptors (Lipinski definition) is 5. The number of benzene rings is 2. The van der Waals surface area contributed by atoms with E-state index >= 15 is 0 Å². The molecule has 0 aliphatic carbocycles. The van der Waals surface area contributed by atoms with Crippen LogP contribution in [0.5, 0.6) is 0 Å². The number of piperazine rings is 1. The van der Waals surface area contributed by atoms with Gasteiger partial charge in [-0.05, 0) is 82.1 Å². The van der Waals surface area contributed by atoms with Gasteiger partial charge < -0.3 is 24.9 Å². The zero-order valence-corrected chi connectivity index (χ0v) is 24.1. The highest BCUT2D eigenvalue weighted by molar-refractivity contribution is 5.86. The van der Waals surface area contributed by atoms with E-state index in [1.165, 1.54) is 44.2 Å². The molecule has 7 heteroatoms. The van der Waals surface area contributed by atoms with Gasteiger partial charge in [-0.15, -0.1) is 0 Å². The summed E-state index contributed by atoms with van der Waals surface area (Å²) in [6.45, 7) is 7.37. The number of para-hydroxylation sites is 2. The van der Waals surface area contributed by atoms with Crippen molar-refractivity contribution in [2.24, 2.45) is 0 Å². The molecule has 1 N–H and O–H groups in total. The Kier molecular flexibility index (Phi) is 10.3. The quantitative estimate of drug-likeness (QED) is 0.612. The highest BCUT2D eigenvalue weighted by atomic mass is 16.2. The summed E-state index contributed by atoms with van der Waals surface area (Å²) in [6, 6.07) is 20.7. The van der Waals surface area contributed by atoms with Gasteiger partial charge >= 0.3 is 0 Å². The molecule has 0 spiro atoms. The predicted octanol–water partition coefficient (Wildman–Crippen LogP) is 4.54. The van der Waals surface area contributed by atoms with Crippen LogP contribution in [0.15, 0.2) is 60.7 Å². The molecule has 2 atom stereocenters. The molecule has 4 saturated heterocycles. The molecule has 2 aromatic carbocycles. The Bertz CT molecular complexity index is 968. The van der Waals surface area contributed by atoms with Crippen molar-refractivity contribution in [3.8, 4) is 0 Å². The number of likely N-dealkylation sites (tertiary alicyclic amines) is 2. The molecule has 0 bridgehead atoms. The van der Waals surface area contributed by atoms with E-state index in [0.29, 0.717) is 11.8 Å². The van der Waals surface area contributed by atoms with E-state index < -0.39 is 0 Å². The van der Waals surface area contributed by atoms with Gasteiger partial charge in [-0.25, -0.2) is 0 Å². The second kappa shape index (κ2) is 14.5. The van der Waals surface area contributed by atoms with Gasteiger partial charge in [0, 0.05) is 63.7 Å². The van der Waals surface area contributed by atoms with Crippen LogP contribution in [0, 0.1) is 0 Å². The van der Waals surface area contributed by atoms with E-state index in [1.807, 2.05) is 24.3 Å². The van der Waals surface area contributed by atoms with Crippen LogP contribution < -0.4 is 15.1 Å². The maximum atomic E-state index is 12.8. The first kappa shape index (κ1) is 28.5. The zero-order valence-electron chi connectivity index (χ0n) is 24.1. The highest BCUT2D eigenvalue weighted by Gasteiger charge is 2.33. The van der Waals surface area contributed by atoms with Crippen molar-refractivity contribution in [1.29, 1.82) is 0 Å². The third-order valence-electron chi connectivity index (χ3n) is 8.83. The normalized spacial score (nSPS) is 23.7. The number of carbonyl (C=O) groups is 2. The van der Waals surface area contributed by atoms with Crippen molar-refractivity contribution in [3.05, 3.63) is 60.7 Å². The molecule has 4 heterocycles. The lowest BCUT2D eigenvalue weighted by Crippen LogP contribution is -2.59. The van der Waals surface area contributed by atoms with Crippen molar-refractivity contribution in [3.63, 3.8) is 0 Å². The van der Waals surface area contributed by atoms with Gasteiger partial charge in [0.25, 0.3) is 0 Å². The molecular formula is C33H47N5O2. The van der Waals surface area contributed by atoms with Gasteiger partial charge in [-0.2, -0.15) is 0 Å². The van der Waals surface area contributed by atoms with Gasteiger partial charge in [-0.3, -0.25) is 9.59 Å². The molecule has 4 aliphatic heterocycles. The Labute approximate surface area is 240 Å². The molecule has 216 valence electrons. The molecule has 2 aromatic rings. The lowest BCUT2D eigenvalue weighted by molar-refractivity contribution is -0.134. The maximum Gasteiger partial charge on any atom is 0.246 e. The number of nitrogens with zero attached hydrogens (tertiary/aromatic N) is 4. The number of carbonyl (C=O) groups excluding carboxylic acids is 2. The maximum absolute atomic E-state index is 12.8. The van der Waals surface area contributed by atoms with E-state index in [-0.39, 0.29) is 12.1 Å². The van der Waals surface area contributed by atoms with E-state index in [9.17, 15) is 9.59 Å². The van der Waals surface area contributed by atoms with Crippen molar-refractivity contribution < 1.29 is 9.59 Å². The van der Waals surface area contributed by atoms with Crippen LogP contribution in [0.1, 0.15) is 57.8 Å². The summed E-state index contributed by atoms with van der Waals surface area (Å²) < 4.78 is 0. The molecule has 0 aromatic heterocycles. The topological polar surface area (TPSA) is 59.1 Å². The second-order valence-corrected chi connectivity index (χ2v) is 11.6. The monoisotopic (exact) mass is 545 g/mol. The number of piperidine rings is 3. The fourth-order valence-corrected chi connectivity index (χ4v) is 6.62. The zero-order chi connectivity index (χ0) is 27.6. The minimum atomic E-state index is -0.0516. The summed E-state index contributed by atoms with van der Waals surface area (Å²) in [5.74, 6) is 0.647. The van der Waals surface area contributed by atoms with Crippen LogP contribution >= 0.6 is 0 Å². The van der Waals surface area contributed by atoms with Crippen LogP contribution in [0.3, 0.4) is 0 Å². The summed E-state index contributed by atoms with van der Waals surface area (Å²) in [5, 5.41) is 3.37. The smallest absolute Gasteiger partial charge is 0.246 e. The van der Waals surface area contributed by atoms with Gasteiger partial charge in [0.2, 0.25) is 11.8 Å². The standard InChI is InChI=1S/C17H24N2O.C16H23N3O/c20-17(18-12-6-2-7-13-18)16-11-5-8-14-19(16)15-9-3-1-4-10-15;20-16(18-10-5-2-6-11-18)15-13-17-9-12-19(15)14-7-3-1-4-8-14/h1,3-4,9-10,16H,2,5-8,11-14H2;1,3-4,7-8,15,17H,2,5-6,9-13H2/t16-;15-/m00/s1. The van der Waals surface area contributed by atoms with E-state index in [1.54, 1.807) is 0 Å². The van der Waals surface area contributed by atoms with E-state index in [4.69, 9.17) is 0 Å². The highest BCUT2D eigenvalue weighted by Crippen LogP contribution is 2.27. The number of amides is 2. The Morgan fingerprint density at radius 1 is 0.550 bits per heavy atom. The Morgan fingerprint density at radius 3 is 1.57 bits per heavy atom. The lowest BCUT2D eigenvalue weighted by Gasteiger charge is -2.40. The van der Waals surface area contributed by atoms with Crippen molar-refractivity contribution in [2.45, 2.75) is 69.9 Å². The van der Waals surface area contributed by atoms with Gasteiger partial charge in [0.1, 0.15) is 12.1 Å². The summed E-state index contributed by atoms with van der Waals surface area (Å²) in [6.07, 6.45) is 10.5. The van der Waals surface area contributed by atoms with Crippen LogP contribution in [0.25, 0.3) is 0 Å². The first-order valence-corrected chi connectivity index (χ1v) is 15.6. The largest absolute Gasteiger partial charge is 0.360 e. The minimum Gasteiger partial charge on any atom is -0.360 e. The summed E-state index contributed by atoms with van der Waals surface area (Å²) in [7, 11) is 0. The van der Waals surface area contributed by atoms with Crippen molar-refractivity contribution in [1.82, 2.24) is 15.1 Å². The van der Waals surface area contributed by atoms with Crippen LogP contribution in [0.4, 0.5) is 11.4 Å². The molecule has 6 rings (SSSR count). The van der Waals surface area contributed by atoms with Crippen LogP contribution in [-0.4, -0.2) is 86.1 Å². The molecule has 0 unspecified atom stereocenters. The molecule has 4 fully saturated rings. The number of nitrogens with one attached hydrogen (secondary N) is 1. The van der Waals surface area contributed by atoms with E-state index in [0.717, 1.165) is 77.3 Å². The average molecular weight is 546 g/mol. The first-order chi connectivity index (χ1) is 19.7. The predicted molar refractivity (Wildman–Crippen MR) is 163 cm³/mol. The Hall–Kier alpha value is -3.06. The first-order valence-electron chi connectivity index (χ1n) is 15.6. The van der Waals surface area contributed by atoms with Crippen LogP contribution in [-0.2, 0) is 9.59 Å². The number of hydrogen-bond donors (Lipinski definition) is 1. The Morgan fingerprint density at radius 2 is 1.02 bits per heavy atom. The summed E-state index contributed by atoms with van der Waals surface area (Å²) in [4.78, 5) is 34.3. The molecular weight excluding hydrogens is 498 g/mol. The second-order valence-electron chi connectivity index (χ2n) is 11.6. The van der Waals surface area contributed by atoms with E-state index in [2.05, 4.69) is 61.3 Å². The van der Waals surface area contributed by atoms with Gasteiger partial charge in [-0.1, -0.05) is 36.4 Å². The fraction of sp³-hybridized carbons (Fsp3) is 0.576. The number of rotatable bonds is 4. The summed E-state index contributed by atoms with van der Waals surface area (Å²) >= 11 is 0. The molecule has 0 radical (unpaired) electrons. The SMILES string of the molecule is O=C([C@@H]1CCCCN1c1ccccc1)N1CCCCC1.O=C([C@@H]1CNCCN1c1ccccc1)N1CCCCC1. The molecule has 2 amide bonds. The van der Waals surface area contributed by atoms with Crippen molar-refractivity contribution >= 4 is 23.2 Å². The lowest BCUT2D eigenvalue weighted by atomic mass is 9.98. The molecule has 4 aliphatic rings. The van der Waals surface area contributed by atoms with Crippen LogP contribution in [0.2, 0.25) is 0 Å².